The largest absolute Gasteiger partial charge is 0.431 e. The fourth-order valence-electron chi connectivity index (χ4n) is 0.136. The lowest BCUT2D eigenvalue weighted by atomic mass is 10.2. The van der Waals surface area contributed by atoms with Gasteiger partial charge in [-0.2, -0.15) is 0 Å². The van der Waals surface area contributed by atoms with Crippen LogP contribution in [0.15, 0.2) is 17.2 Å². The maximum Gasteiger partial charge on any atom is 0.203 e. The molecule has 0 atom stereocenters. The van der Waals surface area contributed by atoms with Crippen molar-refractivity contribution in [3.63, 3.8) is 0 Å². The van der Waals surface area contributed by atoms with Crippen molar-refractivity contribution in [2.75, 3.05) is 0 Å². The zero-order valence-electron chi connectivity index (χ0n) is 6.74. The molecule has 0 bridgehead atoms. The highest BCUT2D eigenvalue weighted by molar-refractivity contribution is 4.32. The molecule has 0 aromatic carbocycles. The molecule has 0 saturated carbocycles. The van der Waals surface area contributed by atoms with E-state index in [-0.39, 0.29) is 0 Å². The first-order valence-electron chi connectivity index (χ1n) is 3.46. The zero-order chi connectivity index (χ0) is 7.82. The van der Waals surface area contributed by atoms with Crippen molar-refractivity contribution in [1.29, 1.82) is 0 Å². The maximum absolute atomic E-state index is 4.36. The minimum atomic E-state index is 0.884. The van der Waals surface area contributed by atoms with Crippen molar-refractivity contribution in [2.45, 2.75) is 27.2 Å². The summed E-state index contributed by atoms with van der Waals surface area (Å²) in [6.45, 7) is 6.64. The van der Waals surface area contributed by atoms with E-state index in [0.29, 0.717) is 0 Å². The van der Waals surface area contributed by atoms with Crippen LogP contribution in [-0.4, -0.2) is 10.2 Å². The molecular weight excluding hydrogens is 128 g/mol. The van der Waals surface area contributed by atoms with Gasteiger partial charge in [-0.15, -0.1) is 10.2 Å². The van der Waals surface area contributed by atoms with Crippen LogP contribution in [0.5, 0.6) is 0 Å². The number of rotatable bonds is 1. The van der Waals surface area contributed by atoms with E-state index in [0.717, 1.165) is 5.92 Å². The van der Waals surface area contributed by atoms with E-state index in [1.807, 2.05) is 0 Å². The van der Waals surface area contributed by atoms with Gasteiger partial charge >= 0.3 is 0 Å². The van der Waals surface area contributed by atoms with Crippen LogP contribution in [0.4, 0.5) is 0 Å². The summed E-state index contributed by atoms with van der Waals surface area (Å²) in [6.07, 6.45) is 3.83. The molecule has 0 amide bonds. The van der Waals surface area contributed by atoms with E-state index < -0.39 is 0 Å². The van der Waals surface area contributed by atoms with Gasteiger partial charge < -0.3 is 4.42 Å². The summed E-state index contributed by atoms with van der Waals surface area (Å²) in [5.41, 5.74) is 0. The molecule has 1 rings (SSSR count). The predicted octanol–water partition coefficient (Wildman–Crippen LogP) is 2.12. The van der Waals surface area contributed by atoms with Crippen LogP contribution < -0.4 is 0 Å². The third-order valence-corrected chi connectivity index (χ3v) is 1.10. The van der Waals surface area contributed by atoms with E-state index in [2.05, 4.69) is 35.4 Å². The molecule has 0 fully saturated rings. The number of aromatic nitrogens is 2. The lowest BCUT2D eigenvalue weighted by Crippen LogP contribution is -1.77. The minimum absolute atomic E-state index is 0.884. The van der Waals surface area contributed by atoms with Crippen molar-refractivity contribution < 1.29 is 4.42 Å². The Hall–Kier alpha value is -0.860. The second-order valence-electron chi connectivity index (χ2n) is 2.38. The van der Waals surface area contributed by atoms with E-state index in [4.69, 9.17) is 0 Å². The first-order chi connectivity index (χ1) is 4.77. The Balaban J connectivity index is 0.000000162. The van der Waals surface area contributed by atoms with Crippen LogP contribution in [-0.2, 0) is 0 Å². The van der Waals surface area contributed by atoms with Gasteiger partial charge in [0.05, 0.1) is 0 Å². The fourth-order valence-corrected chi connectivity index (χ4v) is 0.136. The molecule has 58 valence electrons. The van der Waals surface area contributed by atoms with Gasteiger partial charge in [0.1, 0.15) is 0 Å². The molecule has 3 nitrogen and oxygen atoms in total. The standard InChI is InChI=1S/C5H12.C2H2N2O/c1-4-5(2)3;1-3-4-2-5-1/h5H,4H2,1-3H3;1-2H. The van der Waals surface area contributed by atoms with Crippen molar-refractivity contribution in [2.24, 2.45) is 5.92 Å². The Bertz CT molecular complexity index is 109. The smallest absolute Gasteiger partial charge is 0.203 e. The van der Waals surface area contributed by atoms with Crippen molar-refractivity contribution >= 4 is 0 Å². The summed E-state index contributed by atoms with van der Waals surface area (Å²) in [5.74, 6) is 0.884. The third-order valence-electron chi connectivity index (χ3n) is 1.10. The molecule has 1 aromatic rings. The van der Waals surface area contributed by atoms with Crippen LogP contribution in [0.25, 0.3) is 0 Å². The Morgan fingerprint density at radius 2 is 1.70 bits per heavy atom. The summed E-state index contributed by atoms with van der Waals surface area (Å²) in [6, 6.07) is 0. The average Bonchev–Trinajstić information content (AvgIpc) is 2.43. The highest BCUT2D eigenvalue weighted by atomic mass is 16.3. The van der Waals surface area contributed by atoms with Crippen LogP contribution in [0.1, 0.15) is 27.2 Å². The Morgan fingerprint density at radius 3 is 1.80 bits per heavy atom. The first-order valence-corrected chi connectivity index (χ1v) is 3.46. The van der Waals surface area contributed by atoms with Gasteiger partial charge in [-0.05, 0) is 5.92 Å². The van der Waals surface area contributed by atoms with Crippen LogP contribution in [0.2, 0.25) is 0 Å². The summed E-state index contributed by atoms with van der Waals surface area (Å²) < 4.78 is 4.36. The first kappa shape index (κ1) is 9.14. The molecule has 0 N–H and O–H groups in total. The third kappa shape index (κ3) is 7.14. The predicted molar refractivity (Wildman–Crippen MR) is 39.4 cm³/mol. The molecule has 0 aliphatic heterocycles. The highest BCUT2D eigenvalue weighted by Gasteiger charge is 1.80. The Kier molecular flexibility index (Phi) is 5.72. The summed E-state index contributed by atoms with van der Waals surface area (Å²) in [5, 5.41) is 6.61. The molecule has 1 heterocycles. The SMILES string of the molecule is CCC(C)C.c1nnco1. The topological polar surface area (TPSA) is 38.9 Å². The van der Waals surface area contributed by atoms with Gasteiger partial charge in [0.25, 0.3) is 0 Å². The Morgan fingerprint density at radius 1 is 1.30 bits per heavy atom. The Labute approximate surface area is 61.5 Å². The normalized spacial score (nSPS) is 8.80. The molecule has 0 aliphatic carbocycles. The van der Waals surface area contributed by atoms with Gasteiger partial charge in [0, 0.05) is 0 Å². The van der Waals surface area contributed by atoms with Crippen LogP contribution in [0, 0.1) is 5.92 Å². The van der Waals surface area contributed by atoms with Gasteiger partial charge in [-0.25, -0.2) is 0 Å². The molecule has 3 heteroatoms. The lowest BCUT2D eigenvalue weighted by Gasteiger charge is -1.90. The second kappa shape index (κ2) is 6.26. The molecule has 0 radical (unpaired) electrons. The van der Waals surface area contributed by atoms with Crippen molar-refractivity contribution in [3.05, 3.63) is 12.8 Å². The number of nitrogens with zero attached hydrogens (tertiary/aromatic N) is 2. The van der Waals surface area contributed by atoms with Gasteiger partial charge in [0.2, 0.25) is 12.8 Å². The van der Waals surface area contributed by atoms with E-state index >= 15 is 0 Å². The lowest BCUT2D eigenvalue weighted by molar-refractivity contribution is 0.553. The van der Waals surface area contributed by atoms with E-state index in [1.165, 1.54) is 19.2 Å². The molecular formula is C7H14N2O. The second-order valence-corrected chi connectivity index (χ2v) is 2.38. The van der Waals surface area contributed by atoms with E-state index in [1.54, 1.807) is 0 Å². The summed E-state index contributed by atoms with van der Waals surface area (Å²) in [7, 11) is 0. The molecule has 0 spiro atoms. The van der Waals surface area contributed by atoms with Crippen molar-refractivity contribution in [3.8, 4) is 0 Å². The molecule has 0 unspecified atom stereocenters. The minimum Gasteiger partial charge on any atom is -0.431 e. The molecule has 0 aliphatic rings. The molecule has 10 heavy (non-hydrogen) atoms. The fraction of sp³-hybridized carbons (Fsp3) is 0.714. The number of hydrogen-bond acceptors (Lipinski definition) is 3. The van der Waals surface area contributed by atoms with Gasteiger partial charge in [0.15, 0.2) is 0 Å². The maximum atomic E-state index is 4.36. The molecule has 1 aromatic heterocycles. The molecule has 0 saturated heterocycles. The van der Waals surface area contributed by atoms with E-state index in [9.17, 15) is 0 Å². The highest BCUT2D eigenvalue weighted by Crippen LogP contribution is 1.93. The quantitative estimate of drug-likeness (QED) is 0.602. The van der Waals surface area contributed by atoms with Crippen LogP contribution >= 0.6 is 0 Å². The van der Waals surface area contributed by atoms with Crippen LogP contribution in [0.3, 0.4) is 0 Å². The average molecular weight is 142 g/mol. The zero-order valence-corrected chi connectivity index (χ0v) is 6.74. The number of hydrogen-bond donors (Lipinski definition) is 0. The van der Waals surface area contributed by atoms with Gasteiger partial charge in [-0.1, -0.05) is 27.2 Å². The summed E-state index contributed by atoms with van der Waals surface area (Å²) >= 11 is 0. The summed E-state index contributed by atoms with van der Waals surface area (Å²) in [4.78, 5) is 0. The van der Waals surface area contributed by atoms with Crippen molar-refractivity contribution in [1.82, 2.24) is 10.2 Å². The van der Waals surface area contributed by atoms with Gasteiger partial charge in [-0.3, -0.25) is 0 Å². The monoisotopic (exact) mass is 142 g/mol.